The summed E-state index contributed by atoms with van der Waals surface area (Å²) in [5, 5.41) is 3.41. The maximum absolute atomic E-state index is 3.41. The first-order chi connectivity index (χ1) is 4.68. The normalized spacial score (nSPS) is 52.2. The lowest BCUT2D eigenvalue weighted by Gasteiger charge is -2.25. The van der Waals surface area contributed by atoms with Crippen LogP contribution in [0.15, 0.2) is 0 Å². The Balaban J connectivity index is 2.19. The molecule has 1 nitrogen and oxygen atoms in total. The molecule has 1 unspecified atom stereocenters. The molecule has 0 aliphatic heterocycles. The maximum Gasteiger partial charge on any atom is 0.0218 e. The molecule has 0 amide bonds. The van der Waals surface area contributed by atoms with E-state index in [1.807, 2.05) is 0 Å². The third-order valence-electron chi connectivity index (χ3n) is 3.49. The fraction of sp³-hybridized carbons (Fsp3) is 1.00. The third-order valence-corrected chi connectivity index (χ3v) is 4.10. The molecule has 2 fully saturated rings. The van der Waals surface area contributed by atoms with E-state index in [-0.39, 0.29) is 0 Å². The summed E-state index contributed by atoms with van der Waals surface area (Å²) in [4.78, 5) is 0. The zero-order valence-electron chi connectivity index (χ0n) is 6.61. The molecule has 2 bridgehead atoms. The predicted octanol–water partition coefficient (Wildman–Crippen LogP) is 2.09. The van der Waals surface area contributed by atoms with Gasteiger partial charge in [0.25, 0.3) is 0 Å². The van der Waals surface area contributed by atoms with Gasteiger partial charge in [-0.3, -0.25) is 5.09 Å². The second-order valence-electron chi connectivity index (χ2n) is 4.41. The van der Waals surface area contributed by atoms with E-state index in [0.717, 1.165) is 0 Å². The highest BCUT2D eigenvalue weighted by Crippen LogP contribution is 2.56. The van der Waals surface area contributed by atoms with Crippen molar-refractivity contribution in [3.63, 3.8) is 0 Å². The minimum atomic E-state index is 0.527. The molecule has 10 heavy (non-hydrogen) atoms. The lowest BCUT2D eigenvalue weighted by Crippen LogP contribution is -2.33. The van der Waals surface area contributed by atoms with Gasteiger partial charge in [-0.25, -0.2) is 0 Å². The molecular weight excluding hydrogens is 141 g/mol. The summed E-state index contributed by atoms with van der Waals surface area (Å²) in [6.07, 6.45) is 7.08. The number of nitrogens with one attached hydrogen (secondary N) is 1. The molecule has 0 aromatic carbocycles. The van der Waals surface area contributed by atoms with Crippen molar-refractivity contribution in [3.8, 4) is 0 Å². The lowest BCUT2D eigenvalue weighted by atomic mass is 9.86. The van der Waals surface area contributed by atoms with Crippen molar-refractivity contribution in [1.29, 1.82) is 0 Å². The first-order valence-corrected chi connectivity index (χ1v) is 4.74. The summed E-state index contributed by atoms with van der Waals surface area (Å²) in [6, 6.07) is 0. The van der Waals surface area contributed by atoms with Crippen molar-refractivity contribution < 1.29 is 0 Å². The summed E-state index contributed by atoms with van der Waals surface area (Å²) in [5.74, 6) is 0. The second-order valence-corrected chi connectivity index (χ2v) is 4.70. The van der Waals surface area contributed by atoms with Gasteiger partial charge in [-0.05, 0) is 37.5 Å². The molecule has 0 saturated heterocycles. The van der Waals surface area contributed by atoms with Crippen LogP contribution in [0.2, 0.25) is 0 Å². The van der Waals surface area contributed by atoms with Gasteiger partial charge in [0, 0.05) is 5.54 Å². The van der Waals surface area contributed by atoms with Crippen LogP contribution in [0.1, 0.15) is 39.0 Å². The Labute approximate surface area is 65.2 Å². The molecule has 2 aliphatic carbocycles. The standard InChI is InChI=1S/C8H16NP/c1-7-2-4-8(6-7,9-10)5-3-7/h9H,2-6,10H2,1H3. The fourth-order valence-electron chi connectivity index (χ4n) is 2.70. The summed E-state index contributed by atoms with van der Waals surface area (Å²) in [6.45, 7) is 2.43. The molecule has 2 heteroatoms. The van der Waals surface area contributed by atoms with Gasteiger partial charge in [0.15, 0.2) is 0 Å². The first-order valence-electron chi connectivity index (χ1n) is 4.16. The van der Waals surface area contributed by atoms with Crippen molar-refractivity contribution in [2.45, 2.75) is 44.6 Å². The quantitative estimate of drug-likeness (QED) is 0.575. The van der Waals surface area contributed by atoms with Crippen molar-refractivity contribution >= 4 is 9.39 Å². The molecule has 0 radical (unpaired) electrons. The SMILES string of the molecule is CC12CCC(NP)(CC1)C2. The molecule has 0 aromatic heterocycles. The summed E-state index contributed by atoms with van der Waals surface area (Å²) >= 11 is 0. The zero-order valence-corrected chi connectivity index (χ0v) is 7.77. The molecule has 0 aromatic rings. The van der Waals surface area contributed by atoms with Crippen molar-refractivity contribution in [2.75, 3.05) is 0 Å². The Hall–Kier alpha value is 0.390. The fourth-order valence-corrected chi connectivity index (χ4v) is 3.09. The van der Waals surface area contributed by atoms with Gasteiger partial charge in [0.2, 0.25) is 0 Å². The van der Waals surface area contributed by atoms with E-state index in [4.69, 9.17) is 0 Å². The number of hydrogen-bond donors (Lipinski definition) is 1. The minimum Gasteiger partial charge on any atom is -0.295 e. The van der Waals surface area contributed by atoms with E-state index in [1.165, 1.54) is 32.1 Å². The van der Waals surface area contributed by atoms with Crippen LogP contribution in [0, 0.1) is 5.41 Å². The van der Waals surface area contributed by atoms with Gasteiger partial charge in [-0.1, -0.05) is 16.3 Å². The largest absolute Gasteiger partial charge is 0.295 e. The number of hydrogen-bond acceptors (Lipinski definition) is 1. The van der Waals surface area contributed by atoms with Gasteiger partial charge in [0.1, 0.15) is 0 Å². The molecule has 2 saturated carbocycles. The average Bonchev–Trinajstić information content (AvgIpc) is 2.42. The zero-order chi connectivity index (χ0) is 7.24. The van der Waals surface area contributed by atoms with E-state index in [9.17, 15) is 0 Å². The summed E-state index contributed by atoms with van der Waals surface area (Å²) in [7, 11) is 2.69. The van der Waals surface area contributed by atoms with E-state index in [0.29, 0.717) is 11.0 Å². The van der Waals surface area contributed by atoms with Crippen LogP contribution >= 0.6 is 9.39 Å². The molecule has 0 heterocycles. The maximum atomic E-state index is 3.41. The minimum absolute atomic E-state index is 0.527. The highest BCUT2D eigenvalue weighted by atomic mass is 31.0. The molecule has 2 rings (SSSR count). The summed E-state index contributed by atoms with van der Waals surface area (Å²) in [5.41, 5.74) is 1.23. The lowest BCUT2D eigenvalue weighted by molar-refractivity contribution is 0.325. The third kappa shape index (κ3) is 0.838. The van der Waals surface area contributed by atoms with Crippen LogP contribution < -0.4 is 5.09 Å². The van der Waals surface area contributed by atoms with Gasteiger partial charge < -0.3 is 0 Å². The Bertz CT molecular complexity index is 147. The van der Waals surface area contributed by atoms with E-state index >= 15 is 0 Å². The van der Waals surface area contributed by atoms with E-state index in [1.54, 1.807) is 0 Å². The van der Waals surface area contributed by atoms with Crippen LogP contribution in [0.3, 0.4) is 0 Å². The smallest absolute Gasteiger partial charge is 0.0218 e. The van der Waals surface area contributed by atoms with Crippen LogP contribution in [0.25, 0.3) is 0 Å². The van der Waals surface area contributed by atoms with Crippen LogP contribution in [-0.4, -0.2) is 5.54 Å². The van der Waals surface area contributed by atoms with Crippen LogP contribution in [-0.2, 0) is 0 Å². The van der Waals surface area contributed by atoms with E-state index < -0.39 is 0 Å². The van der Waals surface area contributed by atoms with E-state index in [2.05, 4.69) is 21.4 Å². The van der Waals surface area contributed by atoms with Gasteiger partial charge in [-0.15, -0.1) is 0 Å². The molecule has 58 valence electrons. The van der Waals surface area contributed by atoms with Crippen molar-refractivity contribution in [3.05, 3.63) is 0 Å². The Morgan fingerprint density at radius 2 is 1.80 bits per heavy atom. The molecule has 0 spiro atoms. The van der Waals surface area contributed by atoms with Gasteiger partial charge in [0.05, 0.1) is 0 Å². The van der Waals surface area contributed by atoms with Gasteiger partial charge in [-0.2, -0.15) is 0 Å². The monoisotopic (exact) mass is 157 g/mol. The number of rotatable bonds is 1. The second kappa shape index (κ2) is 1.95. The van der Waals surface area contributed by atoms with Gasteiger partial charge >= 0.3 is 0 Å². The Morgan fingerprint density at radius 3 is 2.00 bits per heavy atom. The molecule has 1 atom stereocenters. The highest BCUT2D eigenvalue weighted by molar-refractivity contribution is 7.13. The van der Waals surface area contributed by atoms with Crippen LogP contribution in [0.5, 0.6) is 0 Å². The summed E-state index contributed by atoms with van der Waals surface area (Å²) < 4.78 is 0. The highest BCUT2D eigenvalue weighted by Gasteiger charge is 2.50. The Kier molecular flexibility index (Phi) is 1.38. The molecular formula is C8H16NP. The van der Waals surface area contributed by atoms with Crippen molar-refractivity contribution in [2.24, 2.45) is 5.41 Å². The molecule has 1 N–H and O–H groups in total. The topological polar surface area (TPSA) is 12.0 Å². The molecule has 2 aliphatic rings. The Morgan fingerprint density at radius 1 is 1.20 bits per heavy atom. The van der Waals surface area contributed by atoms with Crippen molar-refractivity contribution in [1.82, 2.24) is 5.09 Å². The van der Waals surface area contributed by atoms with Crippen LogP contribution in [0.4, 0.5) is 0 Å². The first kappa shape index (κ1) is 7.06. The number of fused-ring (bicyclic) bond motifs is 2. The average molecular weight is 157 g/mol. The predicted molar refractivity (Wildman–Crippen MR) is 46.8 cm³/mol.